The Kier molecular flexibility index (Phi) is 3.91. The van der Waals surface area contributed by atoms with E-state index in [0.29, 0.717) is 5.69 Å². The number of nitrogens with two attached hydrogens (primary N) is 1. The van der Waals surface area contributed by atoms with Gasteiger partial charge in [-0.05, 0) is 17.7 Å². The summed E-state index contributed by atoms with van der Waals surface area (Å²) in [4.78, 5) is 15.6. The number of nitrogens with zero attached hydrogens (tertiary/aromatic N) is 1. The van der Waals surface area contributed by atoms with E-state index in [-0.39, 0.29) is 19.0 Å². The predicted molar refractivity (Wildman–Crippen MR) is 68.6 cm³/mol. The third kappa shape index (κ3) is 3.31. The molecule has 0 unspecified atom stereocenters. The van der Waals surface area contributed by atoms with Crippen molar-refractivity contribution in [2.45, 2.75) is 13.0 Å². The van der Waals surface area contributed by atoms with Crippen LogP contribution in [0.4, 0.5) is 5.69 Å². The van der Waals surface area contributed by atoms with E-state index in [1.165, 1.54) is 0 Å². The molecule has 1 aromatic carbocycles. The van der Waals surface area contributed by atoms with E-state index in [9.17, 15) is 4.79 Å². The molecular formula is C14H14N2O2. The molecule has 4 heteroatoms. The molecule has 0 fully saturated rings. The van der Waals surface area contributed by atoms with Crippen LogP contribution in [0.15, 0.2) is 48.8 Å². The minimum absolute atomic E-state index is 0.187. The smallest absolute Gasteiger partial charge is 0.310 e. The SMILES string of the molecule is Nc1ccccc1CC(=O)OCc1cccnc1. The minimum Gasteiger partial charge on any atom is -0.460 e. The first-order valence-electron chi connectivity index (χ1n) is 5.63. The number of nitrogen functional groups attached to an aromatic ring is 1. The summed E-state index contributed by atoms with van der Waals surface area (Å²) < 4.78 is 5.15. The summed E-state index contributed by atoms with van der Waals surface area (Å²) in [7, 11) is 0. The number of pyridine rings is 1. The molecule has 92 valence electrons. The van der Waals surface area contributed by atoms with Gasteiger partial charge in [0.1, 0.15) is 6.61 Å². The van der Waals surface area contributed by atoms with Gasteiger partial charge in [-0.2, -0.15) is 0 Å². The Labute approximate surface area is 105 Å². The Hall–Kier alpha value is -2.36. The molecule has 0 aliphatic heterocycles. The molecule has 0 amide bonds. The van der Waals surface area contributed by atoms with Gasteiger partial charge in [0.25, 0.3) is 0 Å². The normalized spacial score (nSPS) is 10.0. The van der Waals surface area contributed by atoms with Crippen LogP contribution in [0, 0.1) is 0 Å². The van der Waals surface area contributed by atoms with Crippen molar-refractivity contribution in [3.63, 3.8) is 0 Å². The molecule has 0 saturated heterocycles. The van der Waals surface area contributed by atoms with E-state index in [1.807, 2.05) is 24.3 Å². The summed E-state index contributed by atoms with van der Waals surface area (Å²) in [5.74, 6) is -0.295. The van der Waals surface area contributed by atoms with Crippen LogP contribution in [0.1, 0.15) is 11.1 Å². The highest BCUT2D eigenvalue weighted by molar-refractivity contribution is 5.74. The molecule has 0 saturated carbocycles. The molecule has 2 rings (SSSR count). The van der Waals surface area contributed by atoms with Crippen molar-refractivity contribution in [2.75, 3.05) is 5.73 Å². The van der Waals surface area contributed by atoms with Gasteiger partial charge in [0.15, 0.2) is 0 Å². The van der Waals surface area contributed by atoms with Gasteiger partial charge in [0.05, 0.1) is 6.42 Å². The summed E-state index contributed by atoms with van der Waals surface area (Å²) >= 11 is 0. The number of rotatable bonds is 4. The van der Waals surface area contributed by atoms with Gasteiger partial charge < -0.3 is 10.5 Å². The highest BCUT2D eigenvalue weighted by Crippen LogP contribution is 2.12. The summed E-state index contributed by atoms with van der Waals surface area (Å²) in [5, 5.41) is 0. The van der Waals surface area contributed by atoms with Crippen molar-refractivity contribution in [3.8, 4) is 0 Å². The van der Waals surface area contributed by atoms with Crippen molar-refractivity contribution in [2.24, 2.45) is 0 Å². The lowest BCUT2D eigenvalue weighted by molar-refractivity contribution is -0.144. The fraction of sp³-hybridized carbons (Fsp3) is 0.143. The molecular weight excluding hydrogens is 228 g/mol. The number of esters is 1. The second-order valence-electron chi connectivity index (χ2n) is 3.90. The van der Waals surface area contributed by atoms with Crippen molar-refractivity contribution >= 4 is 11.7 Å². The highest BCUT2D eigenvalue weighted by Gasteiger charge is 2.07. The zero-order valence-electron chi connectivity index (χ0n) is 9.87. The van der Waals surface area contributed by atoms with Crippen LogP contribution in [-0.4, -0.2) is 11.0 Å². The Balaban J connectivity index is 1.88. The van der Waals surface area contributed by atoms with Crippen LogP contribution in [0.25, 0.3) is 0 Å². The molecule has 0 atom stereocenters. The molecule has 18 heavy (non-hydrogen) atoms. The number of ether oxygens (including phenoxy) is 1. The zero-order chi connectivity index (χ0) is 12.8. The number of benzene rings is 1. The molecule has 0 spiro atoms. The van der Waals surface area contributed by atoms with Crippen LogP contribution >= 0.6 is 0 Å². The van der Waals surface area contributed by atoms with Gasteiger partial charge in [-0.25, -0.2) is 0 Å². The molecule has 0 aliphatic rings. The first kappa shape index (κ1) is 12.1. The number of carbonyl (C=O) groups is 1. The van der Waals surface area contributed by atoms with Crippen molar-refractivity contribution in [1.29, 1.82) is 0 Å². The average molecular weight is 242 g/mol. The van der Waals surface area contributed by atoms with Gasteiger partial charge in [0, 0.05) is 23.6 Å². The van der Waals surface area contributed by atoms with Crippen molar-refractivity contribution in [1.82, 2.24) is 4.98 Å². The third-order valence-electron chi connectivity index (χ3n) is 2.51. The van der Waals surface area contributed by atoms with E-state index in [2.05, 4.69) is 4.98 Å². The van der Waals surface area contributed by atoms with Crippen LogP contribution in [0.3, 0.4) is 0 Å². The number of carbonyl (C=O) groups excluding carboxylic acids is 1. The van der Waals surface area contributed by atoms with Gasteiger partial charge in [-0.15, -0.1) is 0 Å². The Morgan fingerprint density at radius 3 is 2.78 bits per heavy atom. The quantitative estimate of drug-likeness (QED) is 0.657. The summed E-state index contributed by atoms with van der Waals surface area (Å²) in [5.41, 5.74) is 8.02. The number of aromatic nitrogens is 1. The van der Waals surface area contributed by atoms with Gasteiger partial charge in [-0.1, -0.05) is 24.3 Å². The van der Waals surface area contributed by atoms with E-state index < -0.39 is 0 Å². The lowest BCUT2D eigenvalue weighted by Gasteiger charge is -2.06. The van der Waals surface area contributed by atoms with Gasteiger partial charge >= 0.3 is 5.97 Å². The Morgan fingerprint density at radius 1 is 1.22 bits per heavy atom. The predicted octanol–water partition coefficient (Wildman–Crippen LogP) is 1.95. The maximum Gasteiger partial charge on any atom is 0.310 e. The van der Waals surface area contributed by atoms with Crippen molar-refractivity contribution in [3.05, 3.63) is 59.9 Å². The third-order valence-corrected chi connectivity index (χ3v) is 2.51. The number of para-hydroxylation sites is 1. The van der Waals surface area contributed by atoms with E-state index in [1.54, 1.807) is 24.5 Å². The molecule has 1 aromatic heterocycles. The monoisotopic (exact) mass is 242 g/mol. The molecule has 2 N–H and O–H groups in total. The van der Waals surface area contributed by atoms with E-state index in [0.717, 1.165) is 11.1 Å². The second-order valence-corrected chi connectivity index (χ2v) is 3.90. The number of hydrogen-bond donors (Lipinski definition) is 1. The molecule has 0 aliphatic carbocycles. The molecule has 0 radical (unpaired) electrons. The summed E-state index contributed by atoms with van der Waals surface area (Å²) in [6.07, 6.45) is 3.53. The summed E-state index contributed by atoms with van der Waals surface area (Å²) in [6, 6.07) is 10.9. The topological polar surface area (TPSA) is 65.2 Å². The maximum atomic E-state index is 11.6. The maximum absolute atomic E-state index is 11.6. The standard InChI is InChI=1S/C14H14N2O2/c15-13-6-2-1-5-12(13)8-14(17)18-10-11-4-3-7-16-9-11/h1-7,9H,8,10,15H2. The highest BCUT2D eigenvalue weighted by atomic mass is 16.5. The Morgan fingerprint density at radius 2 is 2.06 bits per heavy atom. The molecule has 2 aromatic rings. The van der Waals surface area contributed by atoms with Crippen LogP contribution in [-0.2, 0) is 22.6 Å². The minimum atomic E-state index is -0.295. The first-order chi connectivity index (χ1) is 8.75. The fourth-order valence-corrected chi connectivity index (χ4v) is 1.55. The van der Waals surface area contributed by atoms with Crippen LogP contribution < -0.4 is 5.73 Å². The lowest BCUT2D eigenvalue weighted by atomic mass is 10.1. The van der Waals surface area contributed by atoms with Gasteiger partial charge in [0.2, 0.25) is 0 Å². The fourth-order valence-electron chi connectivity index (χ4n) is 1.55. The Bertz CT molecular complexity index is 526. The largest absolute Gasteiger partial charge is 0.460 e. The molecule has 1 heterocycles. The average Bonchev–Trinajstić information content (AvgIpc) is 2.40. The van der Waals surface area contributed by atoms with Gasteiger partial charge in [-0.3, -0.25) is 9.78 Å². The van der Waals surface area contributed by atoms with Crippen LogP contribution in [0.5, 0.6) is 0 Å². The van der Waals surface area contributed by atoms with E-state index >= 15 is 0 Å². The lowest BCUT2D eigenvalue weighted by Crippen LogP contribution is -2.09. The molecule has 0 bridgehead atoms. The second kappa shape index (κ2) is 5.82. The molecule has 4 nitrogen and oxygen atoms in total. The first-order valence-corrected chi connectivity index (χ1v) is 5.63. The van der Waals surface area contributed by atoms with Crippen molar-refractivity contribution < 1.29 is 9.53 Å². The van der Waals surface area contributed by atoms with E-state index in [4.69, 9.17) is 10.5 Å². The number of hydrogen-bond acceptors (Lipinski definition) is 4. The van der Waals surface area contributed by atoms with Crippen LogP contribution in [0.2, 0.25) is 0 Å². The number of anilines is 1. The summed E-state index contributed by atoms with van der Waals surface area (Å²) in [6.45, 7) is 0.236. The zero-order valence-corrected chi connectivity index (χ0v) is 9.87.